The molecule has 2 rings (SSSR count). The van der Waals surface area contributed by atoms with Crippen LogP contribution in [-0.4, -0.2) is 47.8 Å². The Morgan fingerprint density at radius 2 is 1.93 bits per heavy atom. The topological polar surface area (TPSA) is 49.8 Å². The Morgan fingerprint density at radius 1 is 1.43 bits per heavy atom. The highest BCUT2D eigenvalue weighted by Crippen LogP contribution is 2.40. The second kappa shape index (κ2) is 3.21. The average Bonchev–Trinajstić information content (AvgIpc) is 2.42. The van der Waals surface area contributed by atoms with Gasteiger partial charge in [-0.3, -0.25) is 0 Å². The second-order valence-corrected chi connectivity index (χ2v) is 4.48. The summed E-state index contributed by atoms with van der Waals surface area (Å²) in [5.41, 5.74) is -1.23. The molecule has 2 bridgehead atoms. The predicted molar refractivity (Wildman–Crippen MR) is 50.8 cm³/mol. The molecule has 0 spiro atoms. The molecule has 2 aliphatic rings. The fourth-order valence-corrected chi connectivity index (χ4v) is 2.80. The normalized spacial score (nSPS) is 42.5. The Balaban J connectivity index is 2.15. The number of carbonyl (C=O) groups excluding carboxylic acids is 1. The van der Waals surface area contributed by atoms with Gasteiger partial charge in [-0.05, 0) is 19.9 Å². The number of fused-ring (bicyclic) bond motifs is 2. The lowest BCUT2D eigenvalue weighted by Crippen LogP contribution is -2.53. The summed E-state index contributed by atoms with van der Waals surface area (Å²) in [6, 6.07) is 0.690. The summed E-state index contributed by atoms with van der Waals surface area (Å²) in [4.78, 5) is 13.7. The summed E-state index contributed by atoms with van der Waals surface area (Å²) in [6.07, 6.45) is 3.21. The van der Waals surface area contributed by atoms with Gasteiger partial charge in [-0.1, -0.05) is 0 Å². The molecule has 0 saturated carbocycles. The van der Waals surface area contributed by atoms with E-state index in [0.717, 1.165) is 12.8 Å². The Bertz CT molecular complexity index is 240. The van der Waals surface area contributed by atoms with Gasteiger partial charge in [0, 0.05) is 24.9 Å². The van der Waals surface area contributed by atoms with Crippen molar-refractivity contribution in [2.24, 2.45) is 0 Å². The van der Waals surface area contributed by atoms with Crippen LogP contribution in [-0.2, 0) is 9.53 Å². The minimum absolute atomic E-state index is 0.345. The maximum Gasteiger partial charge on any atom is 0.337 e. The maximum absolute atomic E-state index is 11.4. The molecule has 1 N–H and O–H groups in total. The zero-order chi connectivity index (χ0) is 10.3. The van der Waals surface area contributed by atoms with Gasteiger partial charge >= 0.3 is 5.97 Å². The average molecular weight is 199 g/mol. The number of nitrogens with zero attached hydrogens (tertiary/aromatic N) is 1. The van der Waals surface area contributed by atoms with Crippen LogP contribution in [0.4, 0.5) is 0 Å². The number of esters is 1. The van der Waals surface area contributed by atoms with Crippen LogP contribution >= 0.6 is 0 Å². The second-order valence-electron chi connectivity index (χ2n) is 4.48. The molecule has 0 aromatic carbocycles. The Kier molecular flexibility index (Phi) is 2.27. The van der Waals surface area contributed by atoms with Crippen LogP contribution in [0.2, 0.25) is 0 Å². The monoisotopic (exact) mass is 199 g/mol. The summed E-state index contributed by atoms with van der Waals surface area (Å²) < 4.78 is 4.64. The smallest absolute Gasteiger partial charge is 0.337 e. The van der Waals surface area contributed by atoms with Crippen molar-refractivity contribution in [1.82, 2.24) is 4.90 Å². The first-order chi connectivity index (χ1) is 6.57. The van der Waals surface area contributed by atoms with Crippen molar-refractivity contribution in [3.8, 4) is 0 Å². The van der Waals surface area contributed by atoms with Gasteiger partial charge in [0.1, 0.15) is 0 Å². The van der Waals surface area contributed by atoms with Crippen molar-refractivity contribution in [1.29, 1.82) is 0 Å². The fraction of sp³-hybridized carbons (Fsp3) is 0.900. The first-order valence-corrected chi connectivity index (χ1v) is 5.09. The number of hydrogen-bond acceptors (Lipinski definition) is 4. The van der Waals surface area contributed by atoms with E-state index in [1.54, 1.807) is 0 Å². The zero-order valence-corrected chi connectivity index (χ0v) is 8.69. The Labute approximate surface area is 83.8 Å². The molecule has 0 aliphatic carbocycles. The number of methoxy groups -OCH3 is 1. The number of rotatable bonds is 1. The highest BCUT2D eigenvalue weighted by atomic mass is 16.5. The zero-order valence-electron chi connectivity index (χ0n) is 8.69. The highest BCUT2D eigenvalue weighted by Gasteiger charge is 2.50. The van der Waals surface area contributed by atoms with Crippen LogP contribution in [0.25, 0.3) is 0 Å². The van der Waals surface area contributed by atoms with Crippen LogP contribution in [0.3, 0.4) is 0 Å². The molecule has 4 heteroatoms. The minimum Gasteiger partial charge on any atom is -0.467 e. The Morgan fingerprint density at radius 3 is 2.36 bits per heavy atom. The number of hydrogen-bond donors (Lipinski definition) is 1. The van der Waals surface area contributed by atoms with E-state index in [0.29, 0.717) is 24.9 Å². The van der Waals surface area contributed by atoms with E-state index in [-0.39, 0.29) is 0 Å². The first kappa shape index (κ1) is 9.93. The van der Waals surface area contributed by atoms with Gasteiger partial charge in [-0.2, -0.15) is 0 Å². The quantitative estimate of drug-likeness (QED) is 0.611. The maximum atomic E-state index is 11.4. The van der Waals surface area contributed by atoms with Gasteiger partial charge in [0.25, 0.3) is 0 Å². The van der Waals surface area contributed by atoms with E-state index in [1.165, 1.54) is 7.11 Å². The van der Waals surface area contributed by atoms with Crippen molar-refractivity contribution in [3.63, 3.8) is 0 Å². The molecule has 14 heavy (non-hydrogen) atoms. The van der Waals surface area contributed by atoms with E-state index in [2.05, 4.69) is 16.7 Å². The molecule has 2 heterocycles. The van der Waals surface area contributed by atoms with Crippen LogP contribution in [0, 0.1) is 0 Å². The number of ether oxygens (including phenoxy) is 1. The fourth-order valence-electron chi connectivity index (χ4n) is 2.80. The molecular formula is C10H17NO3. The van der Waals surface area contributed by atoms with Gasteiger partial charge in [-0.25, -0.2) is 4.79 Å². The lowest BCUT2D eigenvalue weighted by molar-refractivity contribution is -0.170. The molecule has 0 aromatic heterocycles. The molecule has 0 radical (unpaired) electrons. The molecule has 0 amide bonds. The van der Waals surface area contributed by atoms with Crippen LogP contribution < -0.4 is 0 Å². The lowest BCUT2D eigenvalue weighted by atomic mass is 9.86. The molecule has 4 nitrogen and oxygen atoms in total. The standard InChI is InChI=1S/C10H17NO3/c1-11-7-3-4-8(11)6-10(13,5-7)9(12)14-2/h7-8,13H,3-6H2,1-2H3/t7-,8-/m1/s1. The number of piperidine rings is 1. The Hall–Kier alpha value is -0.610. The van der Waals surface area contributed by atoms with Crippen molar-refractivity contribution in [3.05, 3.63) is 0 Å². The van der Waals surface area contributed by atoms with E-state index < -0.39 is 11.6 Å². The van der Waals surface area contributed by atoms with Gasteiger partial charge in [0.15, 0.2) is 5.60 Å². The number of aliphatic hydroxyl groups is 1. The van der Waals surface area contributed by atoms with Crippen LogP contribution in [0.1, 0.15) is 25.7 Å². The molecule has 2 aliphatic heterocycles. The molecule has 80 valence electrons. The van der Waals surface area contributed by atoms with Crippen molar-refractivity contribution in [2.75, 3.05) is 14.2 Å². The van der Waals surface area contributed by atoms with Gasteiger partial charge in [0.05, 0.1) is 7.11 Å². The molecular weight excluding hydrogens is 182 g/mol. The molecule has 2 atom stereocenters. The molecule has 2 fully saturated rings. The van der Waals surface area contributed by atoms with Crippen LogP contribution in [0.15, 0.2) is 0 Å². The van der Waals surface area contributed by atoms with Gasteiger partial charge < -0.3 is 14.7 Å². The van der Waals surface area contributed by atoms with Gasteiger partial charge in [-0.15, -0.1) is 0 Å². The van der Waals surface area contributed by atoms with E-state index >= 15 is 0 Å². The molecule has 2 saturated heterocycles. The third-order valence-electron chi connectivity index (χ3n) is 3.70. The van der Waals surface area contributed by atoms with Crippen LogP contribution in [0.5, 0.6) is 0 Å². The summed E-state index contributed by atoms with van der Waals surface area (Å²) in [5.74, 6) is -0.470. The lowest BCUT2D eigenvalue weighted by Gasteiger charge is -2.40. The SMILES string of the molecule is COC(=O)C1(O)C[C@H]2CC[C@H](C1)N2C. The van der Waals surface area contributed by atoms with Crippen molar-refractivity contribution in [2.45, 2.75) is 43.4 Å². The van der Waals surface area contributed by atoms with E-state index in [1.807, 2.05) is 0 Å². The minimum atomic E-state index is -1.23. The predicted octanol–water partition coefficient (Wildman–Crippen LogP) is 0.147. The van der Waals surface area contributed by atoms with Crippen molar-refractivity contribution < 1.29 is 14.6 Å². The summed E-state index contributed by atoms with van der Waals surface area (Å²) in [6.45, 7) is 0. The van der Waals surface area contributed by atoms with E-state index in [9.17, 15) is 9.90 Å². The summed E-state index contributed by atoms with van der Waals surface area (Å²) in [7, 11) is 3.40. The highest BCUT2D eigenvalue weighted by molar-refractivity contribution is 5.79. The third kappa shape index (κ3) is 1.33. The van der Waals surface area contributed by atoms with Gasteiger partial charge in [0.2, 0.25) is 0 Å². The largest absolute Gasteiger partial charge is 0.467 e. The molecule has 0 aromatic rings. The van der Waals surface area contributed by atoms with E-state index in [4.69, 9.17) is 0 Å². The van der Waals surface area contributed by atoms with Crippen molar-refractivity contribution >= 4 is 5.97 Å². The third-order valence-corrected chi connectivity index (χ3v) is 3.70. The first-order valence-electron chi connectivity index (χ1n) is 5.09. The summed E-state index contributed by atoms with van der Waals surface area (Å²) in [5, 5.41) is 10.1. The number of carbonyl (C=O) groups is 1. The molecule has 0 unspecified atom stereocenters. The summed E-state index contributed by atoms with van der Waals surface area (Å²) >= 11 is 0.